The van der Waals surface area contributed by atoms with Crippen LogP contribution in [0.4, 0.5) is 8.78 Å². The van der Waals surface area contributed by atoms with Gasteiger partial charge in [-0.25, -0.2) is 8.78 Å². The third-order valence-electron chi connectivity index (χ3n) is 2.88. The molecule has 0 saturated heterocycles. The van der Waals surface area contributed by atoms with E-state index < -0.39 is 6.10 Å². The summed E-state index contributed by atoms with van der Waals surface area (Å²) in [5, 5.41) is 13.0. The van der Waals surface area contributed by atoms with Gasteiger partial charge in [-0.15, -0.1) is 11.8 Å². The van der Waals surface area contributed by atoms with Crippen LogP contribution in [0.3, 0.4) is 0 Å². The Morgan fingerprint density at radius 1 is 0.952 bits per heavy atom. The molecule has 0 unspecified atom stereocenters. The lowest BCUT2D eigenvalue weighted by Gasteiger charge is -2.11. The van der Waals surface area contributed by atoms with Gasteiger partial charge in [0.2, 0.25) is 0 Å². The minimum absolute atomic E-state index is 0.255. The molecule has 2 nitrogen and oxygen atoms in total. The first-order valence-corrected chi connectivity index (χ1v) is 7.63. The maximum Gasteiger partial charge on any atom is 0.123 e. The van der Waals surface area contributed by atoms with Crippen molar-refractivity contribution in [2.75, 3.05) is 12.3 Å². The van der Waals surface area contributed by atoms with Crippen LogP contribution in [-0.4, -0.2) is 23.5 Å². The molecule has 0 aliphatic heterocycles. The number of rotatable bonds is 7. The fraction of sp³-hybridized carbons (Fsp3) is 0.250. The second-order valence-electron chi connectivity index (χ2n) is 4.68. The van der Waals surface area contributed by atoms with Gasteiger partial charge in [-0.05, 0) is 42.0 Å². The van der Waals surface area contributed by atoms with Crippen LogP contribution in [-0.2, 0) is 6.54 Å². The lowest BCUT2D eigenvalue weighted by molar-refractivity contribution is 0.195. The standard InChI is InChI=1S/C16H17F2NOS/c17-13-3-1-12(2-4-13)9-19-10-15(20)11-21-16-7-5-14(18)6-8-16/h1-8,15,19-20H,9-11H2/t15-/m1/s1. The number of nitrogens with one attached hydrogen (secondary N) is 1. The number of aliphatic hydroxyl groups excluding tert-OH is 1. The van der Waals surface area contributed by atoms with Crippen LogP contribution in [0.25, 0.3) is 0 Å². The van der Waals surface area contributed by atoms with E-state index in [9.17, 15) is 13.9 Å². The second kappa shape index (κ2) is 8.12. The Morgan fingerprint density at radius 2 is 1.52 bits per heavy atom. The molecule has 5 heteroatoms. The number of halogens is 2. The molecule has 0 amide bonds. The minimum Gasteiger partial charge on any atom is -0.391 e. The maximum absolute atomic E-state index is 12.7. The van der Waals surface area contributed by atoms with Crippen molar-refractivity contribution in [2.45, 2.75) is 17.5 Å². The molecule has 0 fully saturated rings. The summed E-state index contributed by atoms with van der Waals surface area (Å²) in [4.78, 5) is 0.925. The van der Waals surface area contributed by atoms with Gasteiger partial charge in [0.25, 0.3) is 0 Å². The summed E-state index contributed by atoms with van der Waals surface area (Å²) < 4.78 is 25.5. The fourth-order valence-electron chi connectivity index (χ4n) is 1.77. The van der Waals surface area contributed by atoms with E-state index in [0.717, 1.165) is 10.5 Å². The third-order valence-corrected chi connectivity index (χ3v) is 4.04. The molecular formula is C16H17F2NOS. The summed E-state index contributed by atoms with van der Waals surface area (Å²) in [6.07, 6.45) is -0.500. The quantitative estimate of drug-likeness (QED) is 0.770. The van der Waals surface area contributed by atoms with Crippen molar-refractivity contribution in [3.8, 4) is 0 Å². The number of hydrogen-bond donors (Lipinski definition) is 2. The van der Waals surface area contributed by atoms with E-state index in [4.69, 9.17) is 0 Å². The van der Waals surface area contributed by atoms with Crippen LogP contribution in [0.2, 0.25) is 0 Å². The van der Waals surface area contributed by atoms with Gasteiger partial charge >= 0.3 is 0 Å². The Hall–Kier alpha value is -1.43. The minimum atomic E-state index is -0.500. The largest absolute Gasteiger partial charge is 0.391 e. The average molecular weight is 309 g/mol. The number of aliphatic hydroxyl groups is 1. The van der Waals surface area contributed by atoms with E-state index in [1.807, 2.05) is 0 Å². The SMILES string of the molecule is O[C@H](CNCc1ccc(F)cc1)CSc1ccc(F)cc1. The molecule has 2 aromatic carbocycles. The van der Waals surface area contributed by atoms with Crippen LogP contribution in [0, 0.1) is 11.6 Å². The van der Waals surface area contributed by atoms with E-state index >= 15 is 0 Å². The predicted molar refractivity (Wildman–Crippen MR) is 81.2 cm³/mol. The Labute approximate surface area is 127 Å². The van der Waals surface area contributed by atoms with Crippen LogP contribution in [0.5, 0.6) is 0 Å². The lowest BCUT2D eigenvalue weighted by atomic mass is 10.2. The molecule has 0 saturated carbocycles. The highest BCUT2D eigenvalue weighted by atomic mass is 32.2. The van der Waals surface area contributed by atoms with E-state index in [2.05, 4.69) is 5.32 Å². The lowest BCUT2D eigenvalue weighted by Crippen LogP contribution is -2.28. The van der Waals surface area contributed by atoms with Crippen molar-refractivity contribution in [3.05, 3.63) is 65.7 Å². The van der Waals surface area contributed by atoms with Crippen molar-refractivity contribution in [2.24, 2.45) is 0 Å². The molecule has 1 atom stereocenters. The van der Waals surface area contributed by atoms with Gasteiger partial charge in [-0.1, -0.05) is 12.1 Å². The Kier molecular flexibility index (Phi) is 6.17. The van der Waals surface area contributed by atoms with Crippen LogP contribution >= 0.6 is 11.8 Å². The highest BCUT2D eigenvalue weighted by molar-refractivity contribution is 7.99. The van der Waals surface area contributed by atoms with Crippen molar-refractivity contribution < 1.29 is 13.9 Å². The van der Waals surface area contributed by atoms with Crippen molar-refractivity contribution >= 4 is 11.8 Å². The molecule has 0 bridgehead atoms. The van der Waals surface area contributed by atoms with Crippen molar-refractivity contribution in [1.29, 1.82) is 0 Å². The first-order valence-electron chi connectivity index (χ1n) is 6.65. The van der Waals surface area contributed by atoms with Crippen molar-refractivity contribution in [1.82, 2.24) is 5.32 Å². The molecule has 0 aromatic heterocycles. The molecule has 0 aliphatic carbocycles. The molecule has 0 heterocycles. The van der Waals surface area contributed by atoms with E-state index in [0.29, 0.717) is 18.8 Å². The summed E-state index contributed by atoms with van der Waals surface area (Å²) in [6, 6.07) is 12.4. The highest BCUT2D eigenvalue weighted by Gasteiger charge is 2.05. The molecule has 2 N–H and O–H groups in total. The molecule has 21 heavy (non-hydrogen) atoms. The Balaban J connectivity index is 1.66. The summed E-state index contributed by atoms with van der Waals surface area (Å²) in [6.45, 7) is 1.03. The van der Waals surface area contributed by atoms with Gasteiger partial charge in [0.15, 0.2) is 0 Å². The number of hydrogen-bond acceptors (Lipinski definition) is 3. The number of benzene rings is 2. The monoisotopic (exact) mass is 309 g/mol. The van der Waals surface area contributed by atoms with Crippen LogP contribution in [0.15, 0.2) is 53.4 Å². The zero-order valence-electron chi connectivity index (χ0n) is 11.4. The first kappa shape index (κ1) is 15.9. The summed E-state index contributed by atoms with van der Waals surface area (Å²) in [7, 11) is 0. The molecule has 0 aliphatic rings. The predicted octanol–water partition coefficient (Wildman–Crippen LogP) is 3.21. The van der Waals surface area contributed by atoms with E-state index in [-0.39, 0.29) is 11.6 Å². The van der Waals surface area contributed by atoms with Gasteiger partial charge in [0, 0.05) is 23.7 Å². The highest BCUT2D eigenvalue weighted by Crippen LogP contribution is 2.18. The summed E-state index contributed by atoms with van der Waals surface area (Å²) in [5.41, 5.74) is 0.967. The summed E-state index contributed by atoms with van der Waals surface area (Å²) in [5.74, 6) is 0.0116. The second-order valence-corrected chi connectivity index (χ2v) is 5.77. The zero-order chi connectivity index (χ0) is 15.1. The average Bonchev–Trinajstić information content (AvgIpc) is 2.49. The molecule has 0 spiro atoms. The van der Waals surface area contributed by atoms with Gasteiger partial charge in [0.05, 0.1) is 6.10 Å². The molecule has 2 rings (SSSR count). The number of thioether (sulfide) groups is 1. The zero-order valence-corrected chi connectivity index (χ0v) is 12.2. The fourth-order valence-corrected chi connectivity index (χ4v) is 2.60. The molecule has 0 radical (unpaired) electrons. The topological polar surface area (TPSA) is 32.3 Å². The third kappa shape index (κ3) is 5.83. The molecule has 2 aromatic rings. The van der Waals surface area contributed by atoms with E-state index in [1.165, 1.54) is 36.0 Å². The normalized spacial score (nSPS) is 12.3. The maximum atomic E-state index is 12.7. The Morgan fingerprint density at radius 3 is 2.14 bits per heavy atom. The smallest absolute Gasteiger partial charge is 0.123 e. The molecular weight excluding hydrogens is 292 g/mol. The van der Waals surface area contributed by atoms with Gasteiger partial charge in [0.1, 0.15) is 11.6 Å². The first-order chi connectivity index (χ1) is 10.1. The summed E-state index contributed by atoms with van der Waals surface area (Å²) >= 11 is 1.48. The van der Waals surface area contributed by atoms with Crippen LogP contribution in [0.1, 0.15) is 5.56 Å². The van der Waals surface area contributed by atoms with Gasteiger partial charge in [-0.3, -0.25) is 0 Å². The molecule has 112 valence electrons. The van der Waals surface area contributed by atoms with Crippen LogP contribution < -0.4 is 5.32 Å². The van der Waals surface area contributed by atoms with Gasteiger partial charge in [-0.2, -0.15) is 0 Å². The van der Waals surface area contributed by atoms with Gasteiger partial charge < -0.3 is 10.4 Å². The Bertz CT molecular complexity index is 545. The van der Waals surface area contributed by atoms with Crippen molar-refractivity contribution in [3.63, 3.8) is 0 Å². The van der Waals surface area contributed by atoms with E-state index in [1.54, 1.807) is 24.3 Å².